The van der Waals surface area contributed by atoms with Gasteiger partial charge in [-0.3, -0.25) is 0 Å². The SMILES string of the molecule is CCOC(=O)c1c(N)nsc1NCCN(C)C1CCCC1. The zero-order valence-corrected chi connectivity index (χ0v) is 13.5. The molecule has 21 heavy (non-hydrogen) atoms. The first-order chi connectivity index (χ1) is 10.1. The van der Waals surface area contributed by atoms with Crippen LogP contribution < -0.4 is 11.1 Å². The van der Waals surface area contributed by atoms with Gasteiger partial charge in [-0.1, -0.05) is 12.8 Å². The Labute approximate surface area is 129 Å². The second kappa shape index (κ2) is 7.61. The number of anilines is 2. The minimum absolute atomic E-state index is 0.241. The standard InChI is InChI=1S/C14H24N4O2S/c1-3-20-14(19)11-12(15)17-21-13(11)16-8-9-18(2)10-6-4-5-7-10/h10,16H,3-9H2,1-2H3,(H2,15,17). The summed E-state index contributed by atoms with van der Waals surface area (Å²) in [6.45, 7) is 3.81. The Morgan fingerprint density at radius 2 is 2.24 bits per heavy atom. The Morgan fingerprint density at radius 3 is 2.90 bits per heavy atom. The number of nitrogen functional groups attached to an aromatic ring is 1. The van der Waals surface area contributed by atoms with Gasteiger partial charge in [0.15, 0.2) is 5.82 Å². The first kappa shape index (κ1) is 16.0. The monoisotopic (exact) mass is 312 g/mol. The third kappa shape index (κ3) is 4.07. The molecular formula is C14H24N4O2S. The van der Waals surface area contributed by atoms with E-state index < -0.39 is 5.97 Å². The van der Waals surface area contributed by atoms with E-state index in [1.165, 1.54) is 37.2 Å². The molecule has 1 saturated carbocycles. The maximum atomic E-state index is 11.9. The molecule has 1 fully saturated rings. The average Bonchev–Trinajstić information content (AvgIpc) is 3.09. The van der Waals surface area contributed by atoms with Crippen molar-refractivity contribution in [2.24, 2.45) is 0 Å². The van der Waals surface area contributed by atoms with Gasteiger partial charge in [0.1, 0.15) is 10.6 Å². The van der Waals surface area contributed by atoms with Crippen molar-refractivity contribution in [3.8, 4) is 0 Å². The highest BCUT2D eigenvalue weighted by Gasteiger charge is 2.21. The van der Waals surface area contributed by atoms with Crippen LogP contribution in [0.2, 0.25) is 0 Å². The smallest absolute Gasteiger partial charge is 0.344 e. The van der Waals surface area contributed by atoms with E-state index >= 15 is 0 Å². The zero-order valence-electron chi connectivity index (χ0n) is 12.7. The van der Waals surface area contributed by atoms with Gasteiger partial charge in [-0.15, -0.1) is 0 Å². The lowest BCUT2D eigenvalue weighted by Gasteiger charge is -2.24. The second-order valence-corrected chi connectivity index (χ2v) is 6.11. The van der Waals surface area contributed by atoms with Gasteiger partial charge in [0.05, 0.1) is 6.61 Å². The molecule has 3 N–H and O–H groups in total. The molecule has 2 rings (SSSR count). The van der Waals surface area contributed by atoms with E-state index in [0.29, 0.717) is 23.2 Å². The summed E-state index contributed by atoms with van der Waals surface area (Å²) in [6.07, 6.45) is 5.25. The molecular weight excluding hydrogens is 288 g/mol. The topological polar surface area (TPSA) is 80.5 Å². The van der Waals surface area contributed by atoms with Crippen molar-refractivity contribution in [3.05, 3.63) is 5.56 Å². The van der Waals surface area contributed by atoms with Crippen LogP contribution in [0.1, 0.15) is 43.0 Å². The lowest BCUT2D eigenvalue weighted by molar-refractivity contribution is 0.0529. The number of hydrogen-bond donors (Lipinski definition) is 2. The van der Waals surface area contributed by atoms with Crippen molar-refractivity contribution in [2.75, 3.05) is 37.8 Å². The molecule has 6 nitrogen and oxygen atoms in total. The highest BCUT2D eigenvalue weighted by molar-refractivity contribution is 7.11. The quantitative estimate of drug-likeness (QED) is 0.751. The first-order valence-electron chi connectivity index (χ1n) is 7.49. The van der Waals surface area contributed by atoms with Crippen molar-refractivity contribution in [1.29, 1.82) is 0 Å². The highest BCUT2D eigenvalue weighted by atomic mass is 32.1. The number of nitrogens with two attached hydrogens (primary N) is 1. The number of rotatable bonds is 7. The van der Waals surface area contributed by atoms with Crippen LogP contribution in [0.25, 0.3) is 0 Å². The number of aromatic nitrogens is 1. The molecule has 1 aromatic heterocycles. The average molecular weight is 312 g/mol. The van der Waals surface area contributed by atoms with Gasteiger partial charge in [-0.25, -0.2) is 4.79 Å². The number of carbonyl (C=O) groups excluding carboxylic acids is 1. The second-order valence-electron chi connectivity index (χ2n) is 5.34. The lowest BCUT2D eigenvalue weighted by atomic mass is 10.2. The highest BCUT2D eigenvalue weighted by Crippen LogP contribution is 2.27. The minimum Gasteiger partial charge on any atom is -0.462 e. The molecule has 118 valence electrons. The molecule has 0 bridgehead atoms. The van der Waals surface area contributed by atoms with Crippen molar-refractivity contribution in [1.82, 2.24) is 9.27 Å². The molecule has 1 heterocycles. The van der Waals surface area contributed by atoms with Gasteiger partial charge in [-0.05, 0) is 38.3 Å². The molecule has 1 aliphatic carbocycles. The molecule has 0 saturated heterocycles. The third-order valence-corrected chi connectivity index (χ3v) is 4.72. The van der Waals surface area contributed by atoms with E-state index in [1.807, 2.05) is 0 Å². The molecule has 0 atom stereocenters. The van der Waals surface area contributed by atoms with E-state index in [1.54, 1.807) is 6.92 Å². The molecule has 7 heteroatoms. The Balaban J connectivity index is 1.86. The molecule has 0 radical (unpaired) electrons. The first-order valence-corrected chi connectivity index (χ1v) is 8.27. The summed E-state index contributed by atoms with van der Waals surface area (Å²) in [5, 5.41) is 3.96. The number of carbonyl (C=O) groups is 1. The van der Waals surface area contributed by atoms with Crippen LogP contribution in [0.4, 0.5) is 10.8 Å². The van der Waals surface area contributed by atoms with Crippen molar-refractivity contribution in [3.63, 3.8) is 0 Å². The van der Waals surface area contributed by atoms with Crippen molar-refractivity contribution >= 4 is 28.3 Å². The molecule has 0 spiro atoms. The van der Waals surface area contributed by atoms with E-state index in [0.717, 1.165) is 13.1 Å². The summed E-state index contributed by atoms with van der Waals surface area (Å²) in [4.78, 5) is 14.3. The van der Waals surface area contributed by atoms with Crippen LogP contribution in [-0.4, -0.2) is 48.0 Å². The van der Waals surface area contributed by atoms with E-state index in [4.69, 9.17) is 10.5 Å². The third-order valence-electron chi connectivity index (χ3n) is 3.90. The summed E-state index contributed by atoms with van der Waals surface area (Å²) in [5.74, 6) is -0.166. The fourth-order valence-corrected chi connectivity index (χ4v) is 3.42. The van der Waals surface area contributed by atoms with Gasteiger partial charge < -0.3 is 20.7 Å². The summed E-state index contributed by atoms with van der Waals surface area (Å²) in [7, 11) is 2.16. The van der Waals surface area contributed by atoms with Crippen molar-refractivity contribution < 1.29 is 9.53 Å². The molecule has 1 aromatic rings. The summed E-state index contributed by atoms with van der Waals surface area (Å²) in [6, 6.07) is 0.697. The predicted octanol–water partition coefficient (Wildman–Crippen LogP) is 2.19. The van der Waals surface area contributed by atoms with Crippen LogP contribution in [0.15, 0.2) is 0 Å². The number of nitrogens with one attached hydrogen (secondary N) is 1. The van der Waals surface area contributed by atoms with Gasteiger partial charge in [-0.2, -0.15) is 4.37 Å². The van der Waals surface area contributed by atoms with Gasteiger partial charge >= 0.3 is 5.97 Å². The zero-order chi connectivity index (χ0) is 15.2. The number of ether oxygens (including phenoxy) is 1. The summed E-state index contributed by atoms with van der Waals surface area (Å²) in [5.41, 5.74) is 6.12. The fraction of sp³-hybridized carbons (Fsp3) is 0.714. The molecule has 0 aromatic carbocycles. The Morgan fingerprint density at radius 1 is 1.52 bits per heavy atom. The largest absolute Gasteiger partial charge is 0.462 e. The molecule has 0 unspecified atom stereocenters. The number of hydrogen-bond acceptors (Lipinski definition) is 7. The van der Waals surface area contributed by atoms with E-state index in [-0.39, 0.29) is 5.82 Å². The van der Waals surface area contributed by atoms with Crippen LogP contribution in [0.5, 0.6) is 0 Å². The Hall–Kier alpha value is -1.34. The Kier molecular flexibility index (Phi) is 5.81. The summed E-state index contributed by atoms with van der Waals surface area (Å²) >= 11 is 1.21. The maximum absolute atomic E-state index is 11.9. The van der Waals surface area contributed by atoms with Gasteiger partial charge in [0, 0.05) is 19.1 Å². The van der Waals surface area contributed by atoms with E-state index in [9.17, 15) is 4.79 Å². The van der Waals surface area contributed by atoms with E-state index in [2.05, 4.69) is 21.6 Å². The molecule has 0 amide bonds. The molecule has 0 aliphatic heterocycles. The maximum Gasteiger partial charge on any atom is 0.344 e. The molecule has 1 aliphatic rings. The van der Waals surface area contributed by atoms with Gasteiger partial charge in [0.25, 0.3) is 0 Å². The lowest BCUT2D eigenvalue weighted by Crippen LogP contribution is -2.33. The van der Waals surface area contributed by atoms with Crippen LogP contribution in [-0.2, 0) is 4.74 Å². The van der Waals surface area contributed by atoms with Gasteiger partial charge in [0.2, 0.25) is 0 Å². The fourth-order valence-electron chi connectivity index (χ4n) is 2.70. The Bertz CT molecular complexity index is 472. The van der Waals surface area contributed by atoms with Crippen molar-refractivity contribution in [2.45, 2.75) is 38.6 Å². The number of nitrogens with zero attached hydrogens (tertiary/aromatic N) is 2. The normalized spacial score (nSPS) is 15.6. The predicted molar refractivity (Wildman–Crippen MR) is 85.9 cm³/mol. The van der Waals surface area contributed by atoms with Crippen LogP contribution in [0, 0.1) is 0 Å². The summed E-state index contributed by atoms with van der Waals surface area (Å²) < 4.78 is 9.05. The minimum atomic E-state index is -0.407. The van der Waals surface area contributed by atoms with Crippen LogP contribution in [0.3, 0.4) is 0 Å². The van der Waals surface area contributed by atoms with Crippen LogP contribution >= 0.6 is 11.5 Å². The number of likely N-dealkylation sites (N-methyl/N-ethyl adjacent to an activating group) is 1. The number of esters is 1.